The summed E-state index contributed by atoms with van der Waals surface area (Å²) in [5.41, 5.74) is -0.144. The third-order valence-electron chi connectivity index (χ3n) is 5.24. The average Bonchev–Trinajstić information content (AvgIpc) is 2.97. The summed E-state index contributed by atoms with van der Waals surface area (Å²) < 4.78 is 5.87. The summed E-state index contributed by atoms with van der Waals surface area (Å²) in [6.45, 7) is 13.3. The summed E-state index contributed by atoms with van der Waals surface area (Å²) in [5.74, 6) is 0.381. The molecular formula is C18H34N2O2. The van der Waals surface area contributed by atoms with Gasteiger partial charge in [0.2, 0.25) is 0 Å². The van der Waals surface area contributed by atoms with Crippen molar-refractivity contribution in [2.24, 2.45) is 16.9 Å². The van der Waals surface area contributed by atoms with Crippen LogP contribution in [0.4, 0.5) is 0 Å². The number of hydrazone groups is 1. The van der Waals surface area contributed by atoms with E-state index in [4.69, 9.17) is 4.74 Å². The van der Waals surface area contributed by atoms with Crippen LogP contribution < -0.4 is 0 Å². The molecule has 1 rings (SSSR count). The normalized spacial score (nSPS) is 22.5. The Morgan fingerprint density at radius 2 is 2.05 bits per heavy atom. The van der Waals surface area contributed by atoms with Gasteiger partial charge in [-0.1, -0.05) is 33.8 Å². The highest BCUT2D eigenvalue weighted by molar-refractivity contribution is 5.63. The quantitative estimate of drug-likeness (QED) is 0.524. The fourth-order valence-electron chi connectivity index (χ4n) is 3.63. The fraction of sp³-hybridized carbons (Fsp3) is 0.833. The van der Waals surface area contributed by atoms with Crippen LogP contribution >= 0.6 is 0 Å². The molecule has 0 unspecified atom stereocenters. The maximum Gasteiger partial charge on any atom is 0.0973 e. The Labute approximate surface area is 136 Å². The summed E-state index contributed by atoms with van der Waals surface area (Å²) >= 11 is 0. The number of hydrogen-bond donors (Lipinski definition) is 1. The highest BCUT2D eigenvalue weighted by Crippen LogP contribution is 2.34. The molecule has 0 radical (unpaired) electrons. The van der Waals surface area contributed by atoms with Gasteiger partial charge in [0.1, 0.15) is 0 Å². The van der Waals surface area contributed by atoms with E-state index in [-0.39, 0.29) is 17.6 Å². The maximum absolute atomic E-state index is 10.3. The Bertz CT molecular complexity index is 356. The van der Waals surface area contributed by atoms with Crippen LogP contribution in [0.5, 0.6) is 0 Å². The Balaban J connectivity index is 2.83. The molecule has 1 fully saturated rings. The molecule has 0 aromatic rings. The second-order valence-corrected chi connectivity index (χ2v) is 6.61. The first-order valence-electron chi connectivity index (χ1n) is 8.62. The molecule has 0 aromatic carbocycles. The van der Waals surface area contributed by atoms with Crippen molar-refractivity contribution < 1.29 is 9.84 Å². The van der Waals surface area contributed by atoms with Crippen LogP contribution in [0.15, 0.2) is 17.8 Å². The first kappa shape index (κ1) is 19.2. The lowest BCUT2D eigenvalue weighted by Crippen LogP contribution is -2.48. The molecule has 3 atom stereocenters. The van der Waals surface area contributed by atoms with E-state index in [2.05, 4.69) is 44.4 Å². The van der Waals surface area contributed by atoms with E-state index < -0.39 is 6.10 Å². The van der Waals surface area contributed by atoms with Gasteiger partial charge in [-0.15, -0.1) is 6.58 Å². The standard InChI is InChI=1S/C18H34N2O2/c1-7-15(14(4)5)16(21)13-19-20-12-10-11-17(20)18(8-2,9-3)22-6/h7,13-17,21H,1,8-12H2,2-6H3/b19-13+/t15-,16+,17+/m1/s1. The summed E-state index contributed by atoms with van der Waals surface area (Å²) in [6, 6.07) is 0.289. The molecule has 4 nitrogen and oxygen atoms in total. The van der Waals surface area contributed by atoms with Crippen LogP contribution in [0.25, 0.3) is 0 Å². The number of nitrogens with zero attached hydrogens (tertiary/aromatic N) is 2. The third-order valence-corrected chi connectivity index (χ3v) is 5.24. The molecule has 128 valence electrons. The number of ether oxygens (including phenoxy) is 1. The zero-order valence-corrected chi connectivity index (χ0v) is 15.0. The topological polar surface area (TPSA) is 45.1 Å². The largest absolute Gasteiger partial charge is 0.387 e. The molecule has 0 aliphatic carbocycles. The average molecular weight is 310 g/mol. The van der Waals surface area contributed by atoms with Gasteiger partial charge >= 0.3 is 0 Å². The molecule has 0 saturated carbocycles. The lowest BCUT2D eigenvalue weighted by atomic mass is 9.87. The summed E-state index contributed by atoms with van der Waals surface area (Å²) in [6.07, 6.45) is 7.08. The highest BCUT2D eigenvalue weighted by atomic mass is 16.5. The molecule has 1 saturated heterocycles. The third kappa shape index (κ3) is 4.11. The van der Waals surface area contributed by atoms with Crippen LogP contribution in [-0.4, -0.2) is 47.7 Å². The molecule has 0 spiro atoms. The van der Waals surface area contributed by atoms with Crippen molar-refractivity contribution >= 4 is 6.21 Å². The minimum Gasteiger partial charge on any atom is -0.387 e. The number of aliphatic hydroxyl groups is 1. The fourth-order valence-corrected chi connectivity index (χ4v) is 3.63. The summed E-state index contributed by atoms with van der Waals surface area (Å²) in [7, 11) is 1.80. The van der Waals surface area contributed by atoms with Crippen molar-refractivity contribution in [2.75, 3.05) is 13.7 Å². The van der Waals surface area contributed by atoms with Gasteiger partial charge in [0.15, 0.2) is 0 Å². The predicted octanol–water partition coefficient (Wildman–Crippen LogP) is 3.46. The van der Waals surface area contributed by atoms with E-state index >= 15 is 0 Å². The van der Waals surface area contributed by atoms with E-state index in [0.29, 0.717) is 5.92 Å². The Kier molecular flexibility index (Phi) is 7.57. The van der Waals surface area contributed by atoms with E-state index in [9.17, 15) is 5.11 Å². The van der Waals surface area contributed by atoms with E-state index in [1.807, 2.05) is 6.08 Å². The highest BCUT2D eigenvalue weighted by Gasteiger charge is 2.42. The zero-order chi connectivity index (χ0) is 16.8. The summed E-state index contributed by atoms with van der Waals surface area (Å²) in [4.78, 5) is 0. The summed E-state index contributed by atoms with van der Waals surface area (Å²) in [5, 5.41) is 17.0. The SMILES string of the molecule is C=C[C@H](C(C)C)[C@@H](O)/C=N/N1CCC[C@H]1C(CC)(CC)OC. The second kappa shape index (κ2) is 8.68. The molecule has 1 aliphatic rings. The van der Waals surface area contributed by atoms with Gasteiger partial charge in [-0.05, 0) is 31.6 Å². The van der Waals surface area contributed by atoms with Gasteiger partial charge < -0.3 is 9.84 Å². The maximum atomic E-state index is 10.3. The van der Waals surface area contributed by atoms with Crippen molar-refractivity contribution in [3.63, 3.8) is 0 Å². The van der Waals surface area contributed by atoms with Crippen LogP contribution in [0.2, 0.25) is 0 Å². The molecule has 1 heterocycles. The smallest absolute Gasteiger partial charge is 0.0973 e. The van der Waals surface area contributed by atoms with Crippen molar-refractivity contribution in [1.29, 1.82) is 0 Å². The number of hydrogen-bond acceptors (Lipinski definition) is 4. The lowest BCUT2D eigenvalue weighted by Gasteiger charge is -2.40. The van der Waals surface area contributed by atoms with Gasteiger partial charge in [0.05, 0.1) is 24.0 Å². The van der Waals surface area contributed by atoms with Crippen molar-refractivity contribution in [3.8, 4) is 0 Å². The molecule has 1 N–H and O–H groups in total. The van der Waals surface area contributed by atoms with Crippen LogP contribution in [0, 0.1) is 11.8 Å². The van der Waals surface area contributed by atoms with Gasteiger partial charge in [-0.3, -0.25) is 5.01 Å². The van der Waals surface area contributed by atoms with Crippen LogP contribution in [0.3, 0.4) is 0 Å². The predicted molar refractivity (Wildman–Crippen MR) is 93.1 cm³/mol. The molecule has 1 aliphatic heterocycles. The first-order chi connectivity index (χ1) is 10.5. The van der Waals surface area contributed by atoms with E-state index in [1.54, 1.807) is 13.3 Å². The van der Waals surface area contributed by atoms with Crippen LogP contribution in [0.1, 0.15) is 53.4 Å². The molecule has 0 aromatic heterocycles. The Hall–Kier alpha value is -0.870. The molecule has 4 heteroatoms. The van der Waals surface area contributed by atoms with Gasteiger partial charge in [-0.25, -0.2) is 0 Å². The molecular weight excluding hydrogens is 276 g/mol. The molecule has 22 heavy (non-hydrogen) atoms. The van der Waals surface area contributed by atoms with Gasteiger partial charge in [0.25, 0.3) is 0 Å². The van der Waals surface area contributed by atoms with Crippen LogP contribution in [-0.2, 0) is 4.74 Å². The van der Waals surface area contributed by atoms with Crippen molar-refractivity contribution in [2.45, 2.75) is 71.1 Å². The Morgan fingerprint density at radius 1 is 1.41 bits per heavy atom. The van der Waals surface area contributed by atoms with Gasteiger partial charge in [-0.2, -0.15) is 5.10 Å². The molecule has 0 amide bonds. The lowest BCUT2D eigenvalue weighted by molar-refractivity contribution is -0.0732. The monoisotopic (exact) mass is 310 g/mol. The Morgan fingerprint density at radius 3 is 2.50 bits per heavy atom. The number of rotatable bonds is 9. The minimum atomic E-state index is -0.584. The zero-order valence-electron chi connectivity index (χ0n) is 15.0. The van der Waals surface area contributed by atoms with Gasteiger partial charge in [0, 0.05) is 19.6 Å². The van der Waals surface area contributed by atoms with E-state index in [0.717, 1.165) is 32.2 Å². The molecule has 0 bridgehead atoms. The number of methoxy groups -OCH3 is 1. The minimum absolute atomic E-state index is 0.0364. The van der Waals surface area contributed by atoms with E-state index in [1.165, 1.54) is 0 Å². The van der Waals surface area contributed by atoms with Crippen molar-refractivity contribution in [3.05, 3.63) is 12.7 Å². The first-order valence-corrected chi connectivity index (χ1v) is 8.62. The van der Waals surface area contributed by atoms with Crippen molar-refractivity contribution in [1.82, 2.24) is 5.01 Å². The second-order valence-electron chi connectivity index (χ2n) is 6.61. The number of aliphatic hydroxyl groups excluding tert-OH is 1.